The molecular formula is C13H25NO. The van der Waals surface area contributed by atoms with Crippen LogP contribution in [0.4, 0.5) is 0 Å². The van der Waals surface area contributed by atoms with Crippen molar-refractivity contribution in [3.63, 3.8) is 0 Å². The molecule has 1 N–H and O–H groups in total. The lowest BCUT2D eigenvalue weighted by atomic mass is 9.78. The summed E-state index contributed by atoms with van der Waals surface area (Å²) in [5.41, 5.74) is 0. The van der Waals surface area contributed by atoms with Crippen molar-refractivity contribution in [2.75, 3.05) is 13.1 Å². The van der Waals surface area contributed by atoms with Crippen LogP contribution in [0.1, 0.15) is 51.9 Å². The summed E-state index contributed by atoms with van der Waals surface area (Å²) < 4.78 is 0. The molecule has 0 aromatic heterocycles. The lowest BCUT2D eigenvalue weighted by molar-refractivity contribution is 0.0201. The average molecular weight is 211 g/mol. The first-order valence-electron chi connectivity index (χ1n) is 6.73. The van der Waals surface area contributed by atoms with Gasteiger partial charge in [-0.05, 0) is 44.6 Å². The summed E-state index contributed by atoms with van der Waals surface area (Å²) in [4.78, 5) is 2.57. The fraction of sp³-hybridized carbons (Fsp3) is 1.00. The molecule has 15 heavy (non-hydrogen) atoms. The smallest absolute Gasteiger partial charge is 0.0664 e. The van der Waals surface area contributed by atoms with Crippen molar-refractivity contribution in [2.24, 2.45) is 5.92 Å². The van der Waals surface area contributed by atoms with Crippen LogP contribution in [0.15, 0.2) is 0 Å². The van der Waals surface area contributed by atoms with E-state index in [1.54, 1.807) is 0 Å². The normalized spacial score (nSPS) is 34.8. The highest BCUT2D eigenvalue weighted by atomic mass is 16.3. The molecule has 2 heteroatoms. The Morgan fingerprint density at radius 2 is 1.93 bits per heavy atom. The van der Waals surface area contributed by atoms with Crippen LogP contribution >= 0.6 is 0 Å². The van der Waals surface area contributed by atoms with E-state index in [9.17, 15) is 5.11 Å². The van der Waals surface area contributed by atoms with Crippen molar-refractivity contribution in [3.05, 3.63) is 0 Å². The molecule has 0 bridgehead atoms. The third-order valence-electron chi connectivity index (χ3n) is 4.27. The number of aliphatic hydroxyl groups excluding tert-OH is 1. The summed E-state index contributed by atoms with van der Waals surface area (Å²) in [6.45, 7) is 4.21. The van der Waals surface area contributed by atoms with Crippen LogP contribution in [0, 0.1) is 5.92 Å². The van der Waals surface area contributed by atoms with Gasteiger partial charge in [-0.1, -0.05) is 19.8 Å². The predicted molar refractivity (Wildman–Crippen MR) is 62.9 cm³/mol. The van der Waals surface area contributed by atoms with Crippen LogP contribution in [0.3, 0.4) is 0 Å². The van der Waals surface area contributed by atoms with Crippen LogP contribution < -0.4 is 0 Å². The van der Waals surface area contributed by atoms with E-state index >= 15 is 0 Å². The van der Waals surface area contributed by atoms with Crippen LogP contribution in [0.5, 0.6) is 0 Å². The van der Waals surface area contributed by atoms with E-state index in [0.717, 1.165) is 24.9 Å². The largest absolute Gasteiger partial charge is 0.392 e. The molecule has 2 nitrogen and oxygen atoms in total. The molecular weight excluding hydrogens is 186 g/mol. The lowest BCUT2D eigenvalue weighted by Crippen LogP contribution is -2.49. The Morgan fingerprint density at radius 3 is 2.73 bits per heavy atom. The third-order valence-corrected chi connectivity index (χ3v) is 4.27. The summed E-state index contributed by atoms with van der Waals surface area (Å²) in [7, 11) is 0. The zero-order valence-corrected chi connectivity index (χ0v) is 9.99. The fourth-order valence-corrected chi connectivity index (χ4v) is 3.35. The summed E-state index contributed by atoms with van der Waals surface area (Å²) in [5.74, 6) is 0.941. The van der Waals surface area contributed by atoms with E-state index in [2.05, 4.69) is 11.8 Å². The van der Waals surface area contributed by atoms with Gasteiger partial charge in [-0.15, -0.1) is 0 Å². The number of fused-ring (bicyclic) bond motifs is 1. The van der Waals surface area contributed by atoms with Gasteiger partial charge in [0.25, 0.3) is 0 Å². The van der Waals surface area contributed by atoms with E-state index in [1.165, 1.54) is 45.1 Å². The van der Waals surface area contributed by atoms with Gasteiger partial charge in [0.15, 0.2) is 0 Å². The molecule has 0 amide bonds. The van der Waals surface area contributed by atoms with Crippen molar-refractivity contribution in [1.29, 1.82) is 0 Å². The summed E-state index contributed by atoms with van der Waals surface area (Å²) in [5, 5.41) is 9.76. The number of likely N-dealkylation sites (tertiary alicyclic amines) is 1. The zero-order chi connectivity index (χ0) is 10.7. The number of hydrogen-bond acceptors (Lipinski definition) is 2. The fourth-order valence-electron chi connectivity index (χ4n) is 3.35. The van der Waals surface area contributed by atoms with Gasteiger partial charge < -0.3 is 5.11 Å². The number of rotatable bonds is 3. The van der Waals surface area contributed by atoms with Crippen molar-refractivity contribution in [3.8, 4) is 0 Å². The van der Waals surface area contributed by atoms with Crippen molar-refractivity contribution < 1.29 is 5.11 Å². The number of aliphatic hydroxyl groups is 1. The standard InChI is InChI=1S/C13H25NO/c1-2-12(15)10-14-9-5-7-11-6-3-4-8-13(11)14/h11-13,15H,2-10H2,1H3. The minimum atomic E-state index is -0.106. The monoisotopic (exact) mass is 211 g/mol. The second kappa shape index (κ2) is 5.31. The van der Waals surface area contributed by atoms with Gasteiger partial charge in [0, 0.05) is 12.6 Å². The van der Waals surface area contributed by atoms with E-state index in [-0.39, 0.29) is 6.10 Å². The minimum absolute atomic E-state index is 0.106. The highest BCUT2D eigenvalue weighted by molar-refractivity contribution is 4.87. The molecule has 0 aromatic rings. The predicted octanol–water partition coefficient (Wildman–Crippen LogP) is 2.41. The van der Waals surface area contributed by atoms with E-state index < -0.39 is 0 Å². The molecule has 2 rings (SSSR count). The number of nitrogens with zero attached hydrogens (tertiary/aromatic N) is 1. The Bertz CT molecular complexity index is 193. The van der Waals surface area contributed by atoms with Gasteiger partial charge >= 0.3 is 0 Å². The molecule has 0 aromatic carbocycles. The van der Waals surface area contributed by atoms with Crippen molar-refractivity contribution >= 4 is 0 Å². The second-order valence-corrected chi connectivity index (χ2v) is 5.31. The van der Waals surface area contributed by atoms with Gasteiger partial charge in [0.05, 0.1) is 6.10 Å². The first-order chi connectivity index (χ1) is 7.31. The van der Waals surface area contributed by atoms with Gasteiger partial charge in [-0.2, -0.15) is 0 Å². The molecule has 2 aliphatic rings. The molecule has 88 valence electrons. The number of β-amino-alcohol motifs (C(OH)–C–C–N with tert-alkyl or cyclic N) is 1. The van der Waals surface area contributed by atoms with Crippen LogP contribution in [-0.4, -0.2) is 35.2 Å². The van der Waals surface area contributed by atoms with Crippen molar-refractivity contribution in [2.45, 2.75) is 64.0 Å². The molecule has 1 heterocycles. The molecule has 0 radical (unpaired) electrons. The Balaban J connectivity index is 1.91. The molecule has 3 unspecified atom stereocenters. The second-order valence-electron chi connectivity index (χ2n) is 5.31. The Labute approximate surface area is 93.7 Å². The van der Waals surface area contributed by atoms with Crippen molar-refractivity contribution in [1.82, 2.24) is 4.90 Å². The summed E-state index contributed by atoms with van der Waals surface area (Å²) in [6.07, 6.45) is 9.22. The van der Waals surface area contributed by atoms with E-state index in [1.807, 2.05) is 0 Å². The molecule has 3 atom stereocenters. The molecule has 1 saturated carbocycles. The highest BCUT2D eigenvalue weighted by Crippen LogP contribution is 2.35. The van der Waals surface area contributed by atoms with Crippen LogP contribution in [-0.2, 0) is 0 Å². The maximum atomic E-state index is 9.76. The average Bonchev–Trinajstić information content (AvgIpc) is 2.29. The zero-order valence-electron chi connectivity index (χ0n) is 9.99. The highest BCUT2D eigenvalue weighted by Gasteiger charge is 2.33. The van der Waals surface area contributed by atoms with E-state index in [0.29, 0.717) is 0 Å². The quantitative estimate of drug-likeness (QED) is 0.775. The topological polar surface area (TPSA) is 23.5 Å². The third kappa shape index (κ3) is 2.73. The van der Waals surface area contributed by atoms with Gasteiger partial charge in [0.1, 0.15) is 0 Å². The molecule has 0 spiro atoms. The van der Waals surface area contributed by atoms with Gasteiger partial charge in [0.2, 0.25) is 0 Å². The number of hydrogen-bond donors (Lipinski definition) is 1. The summed E-state index contributed by atoms with van der Waals surface area (Å²) >= 11 is 0. The molecule has 1 aliphatic heterocycles. The SMILES string of the molecule is CCC(O)CN1CCCC2CCCCC21. The number of piperidine rings is 1. The van der Waals surface area contributed by atoms with Crippen LogP contribution in [0.25, 0.3) is 0 Å². The maximum Gasteiger partial charge on any atom is 0.0664 e. The molecule has 1 saturated heterocycles. The van der Waals surface area contributed by atoms with Crippen LogP contribution in [0.2, 0.25) is 0 Å². The molecule has 2 fully saturated rings. The summed E-state index contributed by atoms with van der Waals surface area (Å²) in [6, 6.07) is 0.800. The Kier molecular flexibility index (Phi) is 4.04. The minimum Gasteiger partial charge on any atom is -0.392 e. The maximum absolute atomic E-state index is 9.76. The molecule has 1 aliphatic carbocycles. The van der Waals surface area contributed by atoms with Gasteiger partial charge in [-0.3, -0.25) is 4.90 Å². The first-order valence-corrected chi connectivity index (χ1v) is 6.73. The Hall–Kier alpha value is -0.0800. The first kappa shape index (κ1) is 11.4. The van der Waals surface area contributed by atoms with E-state index in [4.69, 9.17) is 0 Å². The lowest BCUT2D eigenvalue weighted by Gasteiger charge is -2.44. The Morgan fingerprint density at radius 1 is 1.20 bits per heavy atom. The van der Waals surface area contributed by atoms with Gasteiger partial charge in [-0.25, -0.2) is 0 Å².